The Hall–Kier alpha value is -2.10. The molecule has 1 heterocycles. The second kappa shape index (κ2) is 5.27. The van der Waals surface area contributed by atoms with Gasteiger partial charge in [-0.2, -0.15) is 4.68 Å². The fraction of sp³-hybridized carbons (Fsp3) is 0. The second-order valence-electron chi connectivity index (χ2n) is 4.39. The molecule has 112 valence electrons. The molecule has 0 saturated carbocycles. The molecule has 2 aromatic carbocycles. The van der Waals surface area contributed by atoms with Crippen LogP contribution in [0.1, 0.15) is 10.4 Å². The molecule has 0 aliphatic carbocycles. The summed E-state index contributed by atoms with van der Waals surface area (Å²) in [4.78, 5) is 11.9. The predicted molar refractivity (Wildman–Crippen MR) is 79.4 cm³/mol. The van der Waals surface area contributed by atoms with Gasteiger partial charge in [-0.25, -0.2) is 8.42 Å². The minimum atomic E-state index is -4.77. The van der Waals surface area contributed by atoms with Gasteiger partial charge in [-0.15, -0.1) is 5.10 Å². The maximum Gasteiger partial charge on any atom is 0.281 e. The molecule has 1 aromatic heterocycles. The summed E-state index contributed by atoms with van der Waals surface area (Å²) in [5.41, 5.74) is 0.628. The summed E-state index contributed by atoms with van der Waals surface area (Å²) in [5, 5.41) is 7.59. The van der Waals surface area contributed by atoms with Crippen molar-refractivity contribution >= 4 is 43.0 Å². The fourth-order valence-corrected chi connectivity index (χ4v) is 3.04. The standard InChI is InChI=1S/C13H8BrN3O4S/c14-8-5-6-11-10(7-8)15-16-17(11)13(18)9-3-1-2-4-12(9)22(19,20)21/h1-7H,(H,19,20,21)/p-1. The monoisotopic (exact) mass is 380 g/mol. The molecular formula is C13H7BrN3O4S-. The Morgan fingerprint density at radius 2 is 1.91 bits per heavy atom. The average Bonchev–Trinajstić information content (AvgIpc) is 2.88. The number of hydrogen-bond donors (Lipinski definition) is 0. The molecule has 0 fully saturated rings. The van der Waals surface area contributed by atoms with Crippen molar-refractivity contribution in [3.8, 4) is 0 Å². The molecule has 0 atom stereocenters. The highest BCUT2D eigenvalue weighted by atomic mass is 79.9. The van der Waals surface area contributed by atoms with E-state index < -0.39 is 20.9 Å². The summed E-state index contributed by atoms with van der Waals surface area (Å²) in [6.45, 7) is 0. The van der Waals surface area contributed by atoms with Crippen molar-refractivity contribution in [2.45, 2.75) is 4.90 Å². The van der Waals surface area contributed by atoms with E-state index in [0.29, 0.717) is 11.0 Å². The number of benzene rings is 2. The molecule has 0 radical (unpaired) electrons. The van der Waals surface area contributed by atoms with Crippen LogP contribution >= 0.6 is 15.9 Å². The van der Waals surface area contributed by atoms with Gasteiger partial charge in [0.15, 0.2) is 0 Å². The van der Waals surface area contributed by atoms with Gasteiger partial charge in [-0.05, 0) is 30.3 Å². The molecule has 0 saturated heterocycles. The predicted octanol–water partition coefficient (Wildman–Crippen LogP) is 1.79. The number of aromatic nitrogens is 3. The molecule has 7 nitrogen and oxygen atoms in total. The maximum atomic E-state index is 12.5. The van der Waals surface area contributed by atoms with Gasteiger partial charge in [0.1, 0.15) is 15.6 Å². The molecule has 3 rings (SSSR count). The lowest BCUT2D eigenvalue weighted by Gasteiger charge is -2.11. The minimum Gasteiger partial charge on any atom is -0.744 e. The van der Waals surface area contributed by atoms with Gasteiger partial charge in [-0.1, -0.05) is 33.3 Å². The molecule has 0 aliphatic rings. The van der Waals surface area contributed by atoms with E-state index in [-0.39, 0.29) is 5.56 Å². The van der Waals surface area contributed by atoms with Crippen LogP contribution in [-0.4, -0.2) is 33.9 Å². The number of hydrogen-bond acceptors (Lipinski definition) is 6. The molecule has 3 aromatic rings. The lowest BCUT2D eigenvalue weighted by molar-refractivity contribution is 0.0944. The van der Waals surface area contributed by atoms with Gasteiger partial charge in [0.05, 0.1) is 16.0 Å². The normalized spacial score (nSPS) is 11.7. The lowest BCUT2D eigenvalue weighted by Crippen LogP contribution is -2.17. The molecule has 0 aliphatic heterocycles. The Kier molecular flexibility index (Phi) is 3.55. The van der Waals surface area contributed by atoms with Crippen LogP contribution in [0, 0.1) is 0 Å². The van der Waals surface area contributed by atoms with E-state index in [0.717, 1.165) is 15.2 Å². The van der Waals surface area contributed by atoms with E-state index >= 15 is 0 Å². The van der Waals surface area contributed by atoms with Crippen LogP contribution in [0.25, 0.3) is 11.0 Å². The molecule has 0 unspecified atom stereocenters. The number of rotatable bonds is 2. The quantitative estimate of drug-likeness (QED) is 0.627. The van der Waals surface area contributed by atoms with Crippen molar-refractivity contribution < 1.29 is 17.8 Å². The van der Waals surface area contributed by atoms with Crippen LogP contribution in [0.5, 0.6) is 0 Å². The number of carbonyl (C=O) groups is 1. The third-order valence-electron chi connectivity index (χ3n) is 2.99. The molecular weight excluding hydrogens is 374 g/mol. The van der Waals surface area contributed by atoms with Crippen molar-refractivity contribution in [1.82, 2.24) is 15.0 Å². The highest BCUT2D eigenvalue weighted by Crippen LogP contribution is 2.21. The van der Waals surface area contributed by atoms with E-state index in [1.165, 1.54) is 18.2 Å². The van der Waals surface area contributed by atoms with E-state index in [1.54, 1.807) is 18.2 Å². The Labute approximate surface area is 133 Å². The van der Waals surface area contributed by atoms with Crippen molar-refractivity contribution in [1.29, 1.82) is 0 Å². The van der Waals surface area contributed by atoms with E-state index in [2.05, 4.69) is 26.2 Å². The maximum absolute atomic E-state index is 12.5. The summed E-state index contributed by atoms with van der Waals surface area (Å²) >= 11 is 3.28. The number of fused-ring (bicyclic) bond motifs is 1. The Morgan fingerprint density at radius 1 is 1.18 bits per heavy atom. The lowest BCUT2D eigenvalue weighted by atomic mass is 10.2. The number of carbonyl (C=O) groups excluding carboxylic acids is 1. The zero-order chi connectivity index (χ0) is 15.9. The first kappa shape index (κ1) is 14.8. The van der Waals surface area contributed by atoms with Crippen molar-refractivity contribution in [3.05, 3.63) is 52.5 Å². The average molecular weight is 381 g/mol. The zero-order valence-electron chi connectivity index (χ0n) is 10.8. The Bertz CT molecular complexity index is 997. The summed E-state index contributed by atoms with van der Waals surface area (Å²) in [6, 6.07) is 10.2. The summed E-state index contributed by atoms with van der Waals surface area (Å²) in [7, 11) is -4.77. The first-order valence-electron chi connectivity index (χ1n) is 5.98. The van der Waals surface area contributed by atoms with E-state index in [4.69, 9.17) is 0 Å². The smallest absolute Gasteiger partial charge is 0.281 e. The van der Waals surface area contributed by atoms with Gasteiger partial charge in [0, 0.05) is 4.47 Å². The highest BCUT2D eigenvalue weighted by molar-refractivity contribution is 9.10. The molecule has 0 bridgehead atoms. The third-order valence-corrected chi connectivity index (χ3v) is 4.37. The van der Waals surface area contributed by atoms with Crippen LogP contribution in [-0.2, 0) is 10.1 Å². The first-order valence-corrected chi connectivity index (χ1v) is 8.18. The van der Waals surface area contributed by atoms with Gasteiger partial charge < -0.3 is 4.55 Å². The number of nitrogens with zero attached hydrogens (tertiary/aromatic N) is 3. The van der Waals surface area contributed by atoms with E-state index in [1.807, 2.05) is 0 Å². The Balaban J connectivity index is 2.19. The molecule has 0 spiro atoms. The third kappa shape index (κ3) is 2.54. The molecule has 9 heteroatoms. The summed E-state index contributed by atoms with van der Waals surface area (Å²) in [5.74, 6) is -0.736. The topological polar surface area (TPSA) is 105 Å². The van der Waals surface area contributed by atoms with Crippen LogP contribution in [0.3, 0.4) is 0 Å². The second-order valence-corrected chi connectivity index (χ2v) is 6.65. The molecule has 0 amide bonds. The fourth-order valence-electron chi connectivity index (χ4n) is 2.02. The Morgan fingerprint density at radius 3 is 2.64 bits per heavy atom. The van der Waals surface area contributed by atoms with Crippen molar-refractivity contribution in [2.24, 2.45) is 0 Å². The van der Waals surface area contributed by atoms with Crippen LogP contribution in [0.15, 0.2) is 51.8 Å². The zero-order valence-corrected chi connectivity index (χ0v) is 13.2. The van der Waals surface area contributed by atoms with Crippen LogP contribution in [0.2, 0.25) is 0 Å². The van der Waals surface area contributed by atoms with Gasteiger partial charge in [-0.3, -0.25) is 4.79 Å². The molecule has 22 heavy (non-hydrogen) atoms. The first-order chi connectivity index (χ1) is 10.4. The van der Waals surface area contributed by atoms with Crippen molar-refractivity contribution in [2.75, 3.05) is 0 Å². The van der Waals surface area contributed by atoms with Crippen molar-refractivity contribution in [3.63, 3.8) is 0 Å². The number of halogens is 1. The molecule has 0 N–H and O–H groups in total. The summed E-state index contributed by atoms with van der Waals surface area (Å²) in [6.07, 6.45) is 0. The largest absolute Gasteiger partial charge is 0.744 e. The van der Waals surface area contributed by atoms with Crippen LogP contribution < -0.4 is 0 Å². The van der Waals surface area contributed by atoms with Gasteiger partial charge >= 0.3 is 0 Å². The highest BCUT2D eigenvalue weighted by Gasteiger charge is 2.19. The van der Waals surface area contributed by atoms with Gasteiger partial charge in [0.2, 0.25) is 0 Å². The van der Waals surface area contributed by atoms with Crippen LogP contribution in [0.4, 0.5) is 0 Å². The van der Waals surface area contributed by atoms with E-state index in [9.17, 15) is 17.8 Å². The van der Waals surface area contributed by atoms with Gasteiger partial charge in [0.25, 0.3) is 5.91 Å². The SMILES string of the molecule is O=C(c1ccccc1S(=O)(=O)[O-])n1nnc2cc(Br)ccc21. The minimum absolute atomic E-state index is 0.243. The summed E-state index contributed by atoms with van der Waals surface area (Å²) < 4.78 is 35.6.